The predicted octanol–water partition coefficient (Wildman–Crippen LogP) is 2.97. The molecule has 0 aromatic heterocycles. The van der Waals surface area contributed by atoms with E-state index < -0.39 is 0 Å². The average Bonchev–Trinajstić information content (AvgIpc) is 2.46. The van der Waals surface area contributed by atoms with Gasteiger partial charge in [-0.2, -0.15) is 0 Å². The minimum Gasteiger partial charge on any atom is -0.353 e. The number of carbonyl (C=O) groups excluding carboxylic acids is 2. The summed E-state index contributed by atoms with van der Waals surface area (Å²) in [6.45, 7) is 9.91. The summed E-state index contributed by atoms with van der Waals surface area (Å²) in [5.41, 5.74) is 0.246. The van der Waals surface area contributed by atoms with E-state index in [4.69, 9.17) is 0 Å². The highest BCUT2D eigenvalue weighted by atomic mass is 16.2. The molecule has 4 heteroatoms. The van der Waals surface area contributed by atoms with Crippen molar-refractivity contribution in [3.63, 3.8) is 0 Å². The molecule has 22 heavy (non-hydrogen) atoms. The van der Waals surface area contributed by atoms with Gasteiger partial charge >= 0.3 is 0 Å². The number of likely N-dealkylation sites (tertiary alicyclic amines) is 1. The molecule has 2 aliphatic rings. The molecule has 2 rings (SSSR count). The molecule has 0 radical (unpaired) electrons. The van der Waals surface area contributed by atoms with Crippen LogP contribution >= 0.6 is 0 Å². The lowest BCUT2D eigenvalue weighted by molar-refractivity contribution is -0.134. The van der Waals surface area contributed by atoms with Gasteiger partial charge in [0.05, 0.1) is 0 Å². The normalized spacial score (nSPS) is 27.5. The summed E-state index contributed by atoms with van der Waals surface area (Å²) in [4.78, 5) is 25.8. The SMILES string of the molecule is CC(=O)N1CCC(C(=O)N[C@H]2CCCC[C@H]2C(C)(C)C)CC1. The Kier molecular flexibility index (Phi) is 5.51. The molecule has 0 aromatic rings. The van der Waals surface area contributed by atoms with Crippen LogP contribution in [0.4, 0.5) is 0 Å². The molecule has 126 valence electrons. The van der Waals surface area contributed by atoms with Gasteiger partial charge in [-0.05, 0) is 37.0 Å². The van der Waals surface area contributed by atoms with E-state index in [9.17, 15) is 9.59 Å². The van der Waals surface area contributed by atoms with E-state index >= 15 is 0 Å². The van der Waals surface area contributed by atoms with Gasteiger partial charge in [-0.3, -0.25) is 9.59 Å². The zero-order valence-electron chi connectivity index (χ0n) is 14.7. The van der Waals surface area contributed by atoms with Crippen LogP contribution in [0.15, 0.2) is 0 Å². The van der Waals surface area contributed by atoms with E-state index in [1.807, 2.05) is 4.90 Å². The van der Waals surface area contributed by atoms with Crippen LogP contribution in [0, 0.1) is 17.3 Å². The predicted molar refractivity (Wildman–Crippen MR) is 88.3 cm³/mol. The van der Waals surface area contributed by atoms with Crippen molar-refractivity contribution in [2.24, 2.45) is 17.3 Å². The maximum absolute atomic E-state index is 12.6. The number of nitrogens with one attached hydrogen (secondary N) is 1. The van der Waals surface area contributed by atoms with E-state index in [1.54, 1.807) is 6.92 Å². The minimum absolute atomic E-state index is 0.0816. The fraction of sp³-hybridized carbons (Fsp3) is 0.889. The van der Waals surface area contributed by atoms with Crippen LogP contribution in [0.5, 0.6) is 0 Å². The zero-order chi connectivity index (χ0) is 16.3. The number of nitrogens with zero attached hydrogens (tertiary/aromatic N) is 1. The molecule has 4 nitrogen and oxygen atoms in total. The van der Waals surface area contributed by atoms with Crippen LogP contribution in [0.2, 0.25) is 0 Å². The first-order chi connectivity index (χ1) is 10.3. The third-order valence-electron chi connectivity index (χ3n) is 5.52. The Morgan fingerprint density at radius 2 is 1.59 bits per heavy atom. The Bertz CT molecular complexity index is 406. The summed E-state index contributed by atoms with van der Waals surface area (Å²) >= 11 is 0. The fourth-order valence-corrected chi connectivity index (χ4v) is 4.10. The lowest BCUT2D eigenvalue weighted by Gasteiger charge is -2.41. The van der Waals surface area contributed by atoms with Crippen molar-refractivity contribution in [2.75, 3.05) is 13.1 Å². The fourth-order valence-electron chi connectivity index (χ4n) is 4.10. The molecule has 1 saturated carbocycles. The van der Waals surface area contributed by atoms with Gasteiger partial charge < -0.3 is 10.2 Å². The quantitative estimate of drug-likeness (QED) is 0.852. The Hall–Kier alpha value is -1.06. The van der Waals surface area contributed by atoms with Crippen molar-refractivity contribution in [3.8, 4) is 0 Å². The van der Waals surface area contributed by atoms with Crippen LogP contribution in [0.25, 0.3) is 0 Å². The van der Waals surface area contributed by atoms with Gasteiger partial charge in [-0.15, -0.1) is 0 Å². The van der Waals surface area contributed by atoms with Gasteiger partial charge in [0, 0.05) is 32.0 Å². The number of rotatable bonds is 2. The van der Waals surface area contributed by atoms with Crippen molar-refractivity contribution >= 4 is 11.8 Å². The first-order valence-corrected chi connectivity index (χ1v) is 8.85. The number of carbonyl (C=O) groups is 2. The summed E-state index contributed by atoms with van der Waals surface area (Å²) in [5, 5.41) is 3.35. The summed E-state index contributed by atoms with van der Waals surface area (Å²) in [7, 11) is 0. The van der Waals surface area contributed by atoms with Crippen LogP contribution in [-0.4, -0.2) is 35.8 Å². The van der Waals surface area contributed by atoms with E-state index in [1.165, 1.54) is 19.3 Å². The molecule has 1 saturated heterocycles. The van der Waals surface area contributed by atoms with Crippen LogP contribution in [0.1, 0.15) is 66.2 Å². The molecular weight excluding hydrogens is 276 g/mol. The van der Waals surface area contributed by atoms with Crippen LogP contribution in [-0.2, 0) is 9.59 Å². The van der Waals surface area contributed by atoms with Gasteiger partial charge in [0.15, 0.2) is 0 Å². The second-order valence-corrected chi connectivity index (χ2v) is 8.15. The first-order valence-electron chi connectivity index (χ1n) is 8.85. The summed E-state index contributed by atoms with van der Waals surface area (Å²) < 4.78 is 0. The van der Waals surface area contributed by atoms with Gasteiger partial charge in [-0.25, -0.2) is 0 Å². The maximum Gasteiger partial charge on any atom is 0.223 e. The van der Waals surface area contributed by atoms with E-state index in [0.29, 0.717) is 12.0 Å². The lowest BCUT2D eigenvalue weighted by Crippen LogP contribution is -2.50. The average molecular weight is 308 g/mol. The Morgan fingerprint density at radius 1 is 1.00 bits per heavy atom. The van der Waals surface area contributed by atoms with E-state index in [0.717, 1.165) is 32.4 Å². The maximum atomic E-state index is 12.6. The Labute approximate surface area is 135 Å². The van der Waals surface area contributed by atoms with Crippen molar-refractivity contribution in [1.29, 1.82) is 0 Å². The molecule has 0 unspecified atom stereocenters. The number of hydrogen-bond acceptors (Lipinski definition) is 2. The smallest absolute Gasteiger partial charge is 0.223 e. The van der Waals surface area contributed by atoms with Crippen molar-refractivity contribution in [2.45, 2.75) is 72.3 Å². The van der Waals surface area contributed by atoms with Crippen molar-refractivity contribution in [3.05, 3.63) is 0 Å². The summed E-state index contributed by atoms with van der Waals surface area (Å²) in [6.07, 6.45) is 6.44. The van der Waals surface area contributed by atoms with E-state index in [-0.39, 0.29) is 23.1 Å². The highest BCUT2D eigenvalue weighted by Crippen LogP contribution is 2.38. The second kappa shape index (κ2) is 7.01. The summed E-state index contributed by atoms with van der Waals surface area (Å²) in [5.74, 6) is 0.990. The molecular formula is C18H32N2O2. The Morgan fingerprint density at radius 3 is 2.14 bits per heavy atom. The third kappa shape index (κ3) is 4.23. The van der Waals surface area contributed by atoms with Gasteiger partial charge in [0.25, 0.3) is 0 Å². The molecule has 2 amide bonds. The number of piperidine rings is 1. The number of hydrogen-bond donors (Lipinski definition) is 1. The Balaban J connectivity index is 1.89. The molecule has 1 aliphatic carbocycles. The second-order valence-electron chi connectivity index (χ2n) is 8.15. The zero-order valence-corrected chi connectivity index (χ0v) is 14.7. The molecule has 0 aromatic carbocycles. The standard InChI is InChI=1S/C18H32N2O2/c1-13(21)20-11-9-14(10-12-20)17(22)19-16-8-6-5-7-15(16)18(2,3)4/h14-16H,5-12H2,1-4H3,(H,19,22)/t15-,16+/m1/s1. The van der Waals surface area contributed by atoms with E-state index in [2.05, 4.69) is 26.1 Å². The molecule has 1 N–H and O–H groups in total. The lowest BCUT2D eigenvalue weighted by atomic mass is 9.69. The molecule has 0 spiro atoms. The van der Waals surface area contributed by atoms with Crippen molar-refractivity contribution in [1.82, 2.24) is 10.2 Å². The first kappa shape index (κ1) is 17.3. The van der Waals surface area contributed by atoms with Crippen molar-refractivity contribution < 1.29 is 9.59 Å². The third-order valence-corrected chi connectivity index (χ3v) is 5.52. The van der Waals surface area contributed by atoms with Gasteiger partial charge in [0.2, 0.25) is 11.8 Å². The number of amides is 2. The monoisotopic (exact) mass is 308 g/mol. The molecule has 0 bridgehead atoms. The van der Waals surface area contributed by atoms with Gasteiger partial charge in [-0.1, -0.05) is 33.6 Å². The minimum atomic E-state index is 0.0816. The highest BCUT2D eigenvalue weighted by molar-refractivity contribution is 5.80. The largest absolute Gasteiger partial charge is 0.353 e. The van der Waals surface area contributed by atoms with Crippen LogP contribution in [0.3, 0.4) is 0 Å². The highest BCUT2D eigenvalue weighted by Gasteiger charge is 2.36. The van der Waals surface area contributed by atoms with Crippen LogP contribution < -0.4 is 5.32 Å². The molecule has 1 heterocycles. The van der Waals surface area contributed by atoms with Gasteiger partial charge in [0.1, 0.15) is 0 Å². The topological polar surface area (TPSA) is 49.4 Å². The molecule has 2 atom stereocenters. The summed E-state index contributed by atoms with van der Waals surface area (Å²) in [6, 6.07) is 0.326. The molecule has 2 fully saturated rings. The molecule has 1 aliphatic heterocycles.